The Kier molecular flexibility index (Phi) is 2.87. The first-order valence-electron chi connectivity index (χ1n) is 9.82. The van der Waals surface area contributed by atoms with E-state index in [4.69, 9.17) is 4.42 Å². The highest BCUT2D eigenvalue weighted by atomic mass is 79.9. The van der Waals surface area contributed by atoms with Crippen molar-refractivity contribution < 1.29 is 4.42 Å². The maximum absolute atomic E-state index is 6.47. The Morgan fingerprint density at radius 1 is 0.621 bits per heavy atom. The fourth-order valence-corrected chi connectivity index (χ4v) is 5.92. The first-order chi connectivity index (χ1) is 14.3. The van der Waals surface area contributed by atoms with Crippen LogP contribution < -0.4 is 0 Å². The molecule has 1 aromatic heterocycles. The Labute approximate surface area is 176 Å². The monoisotopic (exact) mass is 434 g/mol. The topological polar surface area (TPSA) is 13.1 Å². The molecule has 1 unspecified atom stereocenters. The summed E-state index contributed by atoms with van der Waals surface area (Å²) in [6, 6.07) is 32.7. The van der Waals surface area contributed by atoms with Crippen LogP contribution in [0.15, 0.2) is 99.9 Å². The summed E-state index contributed by atoms with van der Waals surface area (Å²) in [5, 5.41) is 1.20. The lowest BCUT2D eigenvalue weighted by molar-refractivity contribution is 0.628. The number of benzene rings is 4. The summed E-state index contributed by atoms with van der Waals surface area (Å²) in [6.07, 6.45) is 0. The molecule has 1 heterocycles. The third kappa shape index (κ3) is 1.73. The van der Waals surface area contributed by atoms with Crippen LogP contribution in [0.1, 0.15) is 22.3 Å². The molecule has 0 saturated carbocycles. The molecule has 2 aliphatic rings. The minimum absolute atomic E-state index is 0.353. The molecule has 1 atom stereocenters. The van der Waals surface area contributed by atoms with Gasteiger partial charge in [0.1, 0.15) is 11.3 Å². The number of fused-ring (bicyclic) bond motifs is 12. The molecule has 5 aromatic rings. The first kappa shape index (κ1) is 15.8. The van der Waals surface area contributed by atoms with E-state index >= 15 is 0 Å². The molecule has 2 heteroatoms. The molecular formula is C27H15BrO. The van der Waals surface area contributed by atoms with E-state index in [1.807, 2.05) is 6.07 Å². The molecule has 136 valence electrons. The number of rotatable bonds is 0. The van der Waals surface area contributed by atoms with Gasteiger partial charge in [0, 0.05) is 21.0 Å². The van der Waals surface area contributed by atoms with Gasteiger partial charge in [0.15, 0.2) is 0 Å². The summed E-state index contributed by atoms with van der Waals surface area (Å²) >= 11 is 3.74. The van der Waals surface area contributed by atoms with Crippen molar-refractivity contribution in [2.45, 2.75) is 5.41 Å². The van der Waals surface area contributed by atoms with Gasteiger partial charge >= 0.3 is 0 Å². The highest BCUT2D eigenvalue weighted by Gasteiger charge is 2.54. The number of hydrogen-bond donors (Lipinski definition) is 0. The second kappa shape index (κ2) is 5.28. The zero-order valence-corrected chi connectivity index (χ0v) is 17.0. The van der Waals surface area contributed by atoms with Crippen LogP contribution in [0, 0.1) is 0 Å². The predicted molar refractivity (Wildman–Crippen MR) is 120 cm³/mol. The normalized spacial score (nSPS) is 18.0. The highest BCUT2D eigenvalue weighted by molar-refractivity contribution is 9.10. The molecule has 0 fully saturated rings. The van der Waals surface area contributed by atoms with Crippen molar-refractivity contribution >= 4 is 26.9 Å². The van der Waals surface area contributed by atoms with Gasteiger partial charge < -0.3 is 4.42 Å². The third-order valence-corrected chi connectivity index (χ3v) is 7.05. The van der Waals surface area contributed by atoms with E-state index in [1.165, 1.54) is 44.3 Å². The maximum atomic E-state index is 6.47. The Morgan fingerprint density at radius 3 is 2.14 bits per heavy atom. The zero-order chi connectivity index (χ0) is 19.2. The van der Waals surface area contributed by atoms with Crippen molar-refractivity contribution in [3.63, 3.8) is 0 Å². The molecule has 1 nitrogen and oxygen atoms in total. The van der Waals surface area contributed by atoms with E-state index in [0.29, 0.717) is 0 Å². The molecule has 0 aliphatic heterocycles. The largest absolute Gasteiger partial charge is 0.456 e. The summed E-state index contributed by atoms with van der Waals surface area (Å²) in [4.78, 5) is 0. The molecule has 0 bridgehead atoms. The first-order valence-corrected chi connectivity index (χ1v) is 10.6. The Bertz CT molecular complexity index is 1480. The van der Waals surface area contributed by atoms with E-state index in [0.717, 1.165) is 15.8 Å². The summed E-state index contributed by atoms with van der Waals surface area (Å²) in [5.74, 6) is 1.00. The fraction of sp³-hybridized carbons (Fsp3) is 0.0370. The highest BCUT2D eigenvalue weighted by Crippen LogP contribution is 2.64. The number of halogens is 1. The molecule has 7 rings (SSSR count). The maximum Gasteiger partial charge on any atom is 0.140 e. The average molecular weight is 435 g/mol. The average Bonchev–Trinajstić information content (AvgIpc) is 3.37. The summed E-state index contributed by atoms with van der Waals surface area (Å²) < 4.78 is 7.57. The molecule has 0 N–H and O–H groups in total. The van der Waals surface area contributed by atoms with Crippen LogP contribution in [-0.4, -0.2) is 0 Å². The van der Waals surface area contributed by atoms with Crippen molar-refractivity contribution in [2.75, 3.05) is 0 Å². The second-order valence-electron chi connectivity index (χ2n) is 7.83. The predicted octanol–water partition coefficient (Wildman–Crippen LogP) is 7.54. The van der Waals surface area contributed by atoms with Gasteiger partial charge in [0.05, 0.1) is 5.41 Å². The molecule has 0 saturated heterocycles. The minimum atomic E-state index is -0.353. The standard InChI is InChI=1S/C27H15BrO/c28-16-13-14-18-17-7-1-4-10-21(17)27(23(18)15-16)22-11-5-2-8-19(22)26-25(27)20-9-3-6-12-24(20)29-26/h1-15H. The van der Waals surface area contributed by atoms with Gasteiger partial charge in [0.25, 0.3) is 0 Å². The molecule has 2 aliphatic carbocycles. The van der Waals surface area contributed by atoms with E-state index in [-0.39, 0.29) is 5.41 Å². The van der Waals surface area contributed by atoms with Crippen LogP contribution in [0.25, 0.3) is 33.4 Å². The minimum Gasteiger partial charge on any atom is -0.456 e. The molecule has 0 amide bonds. The zero-order valence-electron chi connectivity index (χ0n) is 15.4. The van der Waals surface area contributed by atoms with E-state index in [1.54, 1.807) is 0 Å². The van der Waals surface area contributed by atoms with Crippen LogP contribution in [-0.2, 0) is 5.41 Å². The van der Waals surface area contributed by atoms with E-state index in [9.17, 15) is 0 Å². The molecule has 29 heavy (non-hydrogen) atoms. The van der Waals surface area contributed by atoms with E-state index in [2.05, 4.69) is 101 Å². The third-order valence-electron chi connectivity index (χ3n) is 6.55. The summed E-state index contributed by atoms with van der Waals surface area (Å²) in [6.45, 7) is 0. The van der Waals surface area contributed by atoms with Gasteiger partial charge in [-0.05, 0) is 46.0 Å². The lowest BCUT2D eigenvalue weighted by Gasteiger charge is -2.29. The van der Waals surface area contributed by atoms with Crippen LogP contribution in [0.2, 0.25) is 0 Å². The lowest BCUT2D eigenvalue weighted by Crippen LogP contribution is -2.25. The lowest BCUT2D eigenvalue weighted by atomic mass is 9.70. The van der Waals surface area contributed by atoms with Crippen molar-refractivity contribution in [1.29, 1.82) is 0 Å². The van der Waals surface area contributed by atoms with Gasteiger partial charge in [-0.15, -0.1) is 0 Å². The molecule has 0 radical (unpaired) electrons. The Hall–Kier alpha value is -3.10. The van der Waals surface area contributed by atoms with Crippen molar-refractivity contribution in [2.24, 2.45) is 0 Å². The fourth-order valence-electron chi connectivity index (χ4n) is 5.56. The van der Waals surface area contributed by atoms with Crippen molar-refractivity contribution in [3.05, 3.63) is 118 Å². The Balaban J connectivity index is 1.78. The van der Waals surface area contributed by atoms with Gasteiger partial charge in [-0.25, -0.2) is 0 Å². The van der Waals surface area contributed by atoms with E-state index < -0.39 is 0 Å². The van der Waals surface area contributed by atoms with Gasteiger partial charge in [-0.2, -0.15) is 0 Å². The van der Waals surface area contributed by atoms with Crippen LogP contribution in [0.3, 0.4) is 0 Å². The van der Waals surface area contributed by atoms with Gasteiger partial charge in [-0.1, -0.05) is 88.7 Å². The quantitative estimate of drug-likeness (QED) is 0.240. The van der Waals surface area contributed by atoms with Crippen LogP contribution in [0.4, 0.5) is 0 Å². The smallest absolute Gasteiger partial charge is 0.140 e. The van der Waals surface area contributed by atoms with Gasteiger partial charge in [-0.3, -0.25) is 0 Å². The van der Waals surface area contributed by atoms with Gasteiger partial charge in [0.2, 0.25) is 0 Å². The summed E-state index contributed by atoms with van der Waals surface area (Å²) in [7, 11) is 0. The number of furan rings is 1. The van der Waals surface area contributed by atoms with Crippen molar-refractivity contribution in [1.82, 2.24) is 0 Å². The molecule has 1 spiro atoms. The number of hydrogen-bond acceptors (Lipinski definition) is 1. The van der Waals surface area contributed by atoms with Crippen LogP contribution >= 0.6 is 15.9 Å². The number of para-hydroxylation sites is 1. The van der Waals surface area contributed by atoms with Crippen LogP contribution in [0.5, 0.6) is 0 Å². The second-order valence-corrected chi connectivity index (χ2v) is 8.75. The molecule has 4 aromatic carbocycles. The Morgan fingerprint density at radius 2 is 1.28 bits per heavy atom. The summed E-state index contributed by atoms with van der Waals surface area (Å²) in [5.41, 5.74) is 9.65. The van der Waals surface area contributed by atoms with Crippen molar-refractivity contribution in [3.8, 4) is 22.5 Å². The SMILES string of the molecule is Brc1ccc2c(c1)C1(c3ccccc3-2)c2ccccc2-c2oc3ccccc3c21. The molecular weight excluding hydrogens is 420 g/mol.